The van der Waals surface area contributed by atoms with Crippen LogP contribution in [-0.2, 0) is 13.6 Å². The molecule has 0 amide bonds. The molecule has 116 valence electrons. The summed E-state index contributed by atoms with van der Waals surface area (Å²) in [6.07, 6.45) is 1.10. The quantitative estimate of drug-likeness (QED) is 0.833. The van der Waals surface area contributed by atoms with Gasteiger partial charge in [0, 0.05) is 31.7 Å². The highest BCUT2D eigenvalue weighted by Crippen LogP contribution is 2.29. The Morgan fingerprint density at radius 1 is 1.35 bits per heavy atom. The van der Waals surface area contributed by atoms with Crippen molar-refractivity contribution in [2.24, 2.45) is 13.0 Å². The average Bonchev–Trinajstić information content (AvgIpc) is 2.63. The lowest BCUT2D eigenvalue weighted by molar-refractivity contribution is 0.458. The van der Waals surface area contributed by atoms with Crippen molar-refractivity contribution in [2.75, 3.05) is 18.5 Å². The molecule has 0 aromatic carbocycles. The van der Waals surface area contributed by atoms with Gasteiger partial charge in [0.15, 0.2) is 0 Å². The molecular formula is C16H32N4. The van der Waals surface area contributed by atoms with E-state index in [0.29, 0.717) is 5.92 Å². The van der Waals surface area contributed by atoms with Crippen LogP contribution in [0.2, 0.25) is 0 Å². The molecule has 0 unspecified atom stereocenters. The van der Waals surface area contributed by atoms with Crippen LogP contribution >= 0.6 is 0 Å². The van der Waals surface area contributed by atoms with Crippen molar-refractivity contribution >= 4 is 5.82 Å². The van der Waals surface area contributed by atoms with Gasteiger partial charge in [-0.3, -0.25) is 4.68 Å². The Balaban J connectivity index is 3.01. The third-order valence-corrected chi connectivity index (χ3v) is 4.26. The minimum absolute atomic E-state index is 0.132. The third kappa shape index (κ3) is 3.75. The lowest BCUT2D eigenvalue weighted by Crippen LogP contribution is -2.42. The Hall–Kier alpha value is -1.03. The molecule has 1 aromatic rings. The van der Waals surface area contributed by atoms with Crippen LogP contribution in [0.15, 0.2) is 0 Å². The molecule has 0 saturated heterocycles. The van der Waals surface area contributed by atoms with Gasteiger partial charge in [0.05, 0.1) is 5.69 Å². The molecule has 1 heterocycles. The number of anilines is 1. The molecule has 4 nitrogen and oxygen atoms in total. The zero-order valence-electron chi connectivity index (χ0n) is 14.5. The van der Waals surface area contributed by atoms with Crippen molar-refractivity contribution in [1.82, 2.24) is 15.1 Å². The molecule has 0 spiro atoms. The Kier molecular flexibility index (Phi) is 5.63. The SMILES string of the molecule is CCC(C)(C)N(C)c1c(CNCC(C)C)c(C)nn1C. The normalized spacial score (nSPS) is 12.2. The van der Waals surface area contributed by atoms with Crippen LogP contribution in [-0.4, -0.2) is 28.9 Å². The molecular weight excluding hydrogens is 248 g/mol. The predicted molar refractivity (Wildman–Crippen MR) is 87.3 cm³/mol. The summed E-state index contributed by atoms with van der Waals surface area (Å²) in [7, 11) is 4.21. The zero-order chi connectivity index (χ0) is 15.5. The fourth-order valence-electron chi connectivity index (χ4n) is 2.33. The van der Waals surface area contributed by atoms with Crippen molar-refractivity contribution in [3.8, 4) is 0 Å². The van der Waals surface area contributed by atoms with Crippen molar-refractivity contribution in [2.45, 2.75) is 60.0 Å². The van der Waals surface area contributed by atoms with E-state index in [1.54, 1.807) is 0 Å². The second-order valence-corrected chi connectivity index (χ2v) is 6.76. The number of aryl methyl sites for hydroxylation is 2. The van der Waals surface area contributed by atoms with E-state index in [1.165, 1.54) is 11.4 Å². The van der Waals surface area contributed by atoms with Crippen molar-refractivity contribution in [3.05, 3.63) is 11.3 Å². The molecule has 0 saturated carbocycles. The zero-order valence-corrected chi connectivity index (χ0v) is 14.5. The predicted octanol–water partition coefficient (Wildman–Crippen LogP) is 3.10. The van der Waals surface area contributed by atoms with E-state index >= 15 is 0 Å². The van der Waals surface area contributed by atoms with Gasteiger partial charge in [-0.15, -0.1) is 0 Å². The standard InChI is InChI=1S/C16H32N4/c1-9-16(5,6)19(7)15-14(11-17-10-12(2)3)13(4)18-20(15)8/h12,17H,9-11H2,1-8H3. The van der Waals surface area contributed by atoms with Gasteiger partial charge in [0.1, 0.15) is 5.82 Å². The summed E-state index contributed by atoms with van der Waals surface area (Å²) in [5, 5.41) is 8.15. The maximum Gasteiger partial charge on any atom is 0.131 e. The van der Waals surface area contributed by atoms with E-state index in [4.69, 9.17) is 0 Å². The lowest BCUT2D eigenvalue weighted by Gasteiger charge is -2.37. The Morgan fingerprint density at radius 3 is 2.45 bits per heavy atom. The Morgan fingerprint density at radius 2 is 1.95 bits per heavy atom. The second-order valence-electron chi connectivity index (χ2n) is 6.76. The highest BCUT2D eigenvalue weighted by molar-refractivity contribution is 5.51. The van der Waals surface area contributed by atoms with E-state index in [0.717, 1.165) is 25.2 Å². The summed E-state index contributed by atoms with van der Waals surface area (Å²) in [5.74, 6) is 1.89. The van der Waals surface area contributed by atoms with Crippen LogP contribution in [0, 0.1) is 12.8 Å². The monoisotopic (exact) mass is 280 g/mol. The van der Waals surface area contributed by atoms with Gasteiger partial charge in [-0.1, -0.05) is 20.8 Å². The van der Waals surface area contributed by atoms with Crippen molar-refractivity contribution in [3.63, 3.8) is 0 Å². The van der Waals surface area contributed by atoms with E-state index in [1.807, 2.05) is 11.7 Å². The van der Waals surface area contributed by atoms with Crippen LogP contribution in [0.3, 0.4) is 0 Å². The highest BCUT2D eigenvalue weighted by Gasteiger charge is 2.27. The molecule has 20 heavy (non-hydrogen) atoms. The summed E-state index contributed by atoms with van der Waals surface area (Å²) in [6, 6.07) is 0. The fraction of sp³-hybridized carbons (Fsp3) is 0.812. The number of aromatic nitrogens is 2. The molecule has 1 aromatic heterocycles. The van der Waals surface area contributed by atoms with E-state index in [-0.39, 0.29) is 5.54 Å². The summed E-state index contributed by atoms with van der Waals surface area (Å²) in [6.45, 7) is 15.3. The molecule has 0 aliphatic carbocycles. The summed E-state index contributed by atoms with van der Waals surface area (Å²) < 4.78 is 2.01. The second kappa shape index (κ2) is 6.61. The maximum atomic E-state index is 4.61. The van der Waals surface area contributed by atoms with Crippen LogP contribution in [0.25, 0.3) is 0 Å². The van der Waals surface area contributed by atoms with Crippen molar-refractivity contribution < 1.29 is 0 Å². The molecule has 4 heteroatoms. The minimum atomic E-state index is 0.132. The van der Waals surface area contributed by atoms with Gasteiger partial charge in [-0.25, -0.2) is 0 Å². The van der Waals surface area contributed by atoms with Gasteiger partial charge >= 0.3 is 0 Å². The van der Waals surface area contributed by atoms with Gasteiger partial charge in [0.2, 0.25) is 0 Å². The van der Waals surface area contributed by atoms with Crippen LogP contribution in [0.4, 0.5) is 5.82 Å². The number of hydrogen-bond acceptors (Lipinski definition) is 3. The number of nitrogens with zero attached hydrogens (tertiary/aromatic N) is 3. The Labute approximate surface area is 124 Å². The minimum Gasteiger partial charge on any atom is -0.355 e. The van der Waals surface area contributed by atoms with Gasteiger partial charge in [-0.2, -0.15) is 5.10 Å². The fourth-order valence-corrected chi connectivity index (χ4v) is 2.33. The van der Waals surface area contributed by atoms with Gasteiger partial charge < -0.3 is 10.2 Å². The molecule has 0 fully saturated rings. The maximum absolute atomic E-state index is 4.61. The van der Waals surface area contributed by atoms with Crippen LogP contribution in [0.5, 0.6) is 0 Å². The number of rotatable bonds is 7. The molecule has 1 N–H and O–H groups in total. The molecule has 0 aliphatic heterocycles. The topological polar surface area (TPSA) is 33.1 Å². The van der Waals surface area contributed by atoms with E-state index in [9.17, 15) is 0 Å². The smallest absolute Gasteiger partial charge is 0.131 e. The first-order valence-corrected chi connectivity index (χ1v) is 7.67. The summed E-state index contributed by atoms with van der Waals surface area (Å²) >= 11 is 0. The lowest BCUT2D eigenvalue weighted by atomic mass is 9.99. The van der Waals surface area contributed by atoms with E-state index < -0.39 is 0 Å². The number of hydrogen-bond donors (Lipinski definition) is 1. The Bertz CT molecular complexity index is 432. The average molecular weight is 280 g/mol. The van der Waals surface area contributed by atoms with Crippen molar-refractivity contribution in [1.29, 1.82) is 0 Å². The summed E-state index contributed by atoms with van der Waals surface area (Å²) in [5.41, 5.74) is 2.57. The molecule has 0 aliphatic rings. The van der Waals surface area contributed by atoms with Gasteiger partial charge in [-0.05, 0) is 39.7 Å². The third-order valence-electron chi connectivity index (χ3n) is 4.26. The highest BCUT2D eigenvalue weighted by atomic mass is 15.4. The first kappa shape index (κ1) is 17.0. The van der Waals surface area contributed by atoms with E-state index in [2.05, 4.69) is 63.9 Å². The van der Waals surface area contributed by atoms with Crippen LogP contribution < -0.4 is 10.2 Å². The largest absolute Gasteiger partial charge is 0.355 e. The first-order chi connectivity index (χ1) is 9.20. The van der Waals surface area contributed by atoms with Gasteiger partial charge in [0.25, 0.3) is 0 Å². The molecule has 1 rings (SSSR count). The first-order valence-electron chi connectivity index (χ1n) is 7.67. The number of nitrogens with one attached hydrogen (secondary N) is 1. The molecule has 0 radical (unpaired) electrons. The molecule has 0 bridgehead atoms. The summed E-state index contributed by atoms with van der Waals surface area (Å²) in [4.78, 5) is 2.36. The van der Waals surface area contributed by atoms with Crippen LogP contribution in [0.1, 0.15) is 52.3 Å². The molecule has 0 atom stereocenters.